The van der Waals surface area contributed by atoms with Crippen molar-refractivity contribution in [3.05, 3.63) is 0 Å². The van der Waals surface area contributed by atoms with E-state index < -0.39 is 20.7 Å². The van der Waals surface area contributed by atoms with Gasteiger partial charge in [0.05, 0.1) is 0 Å². The molecular formula is C9H21NO6P2S. The molecule has 0 spiro atoms. The largest absolute Gasteiger partial charge is 0.354 e. The van der Waals surface area contributed by atoms with Crippen LogP contribution in [0.4, 0.5) is 0 Å². The van der Waals surface area contributed by atoms with Crippen molar-refractivity contribution in [2.24, 2.45) is 5.92 Å². The zero-order chi connectivity index (χ0) is 14.8. The van der Waals surface area contributed by atoms with Gasteiger partial charge in [0.2, 0.25) is 5.52 Å². The monoisotopic (exact) mass is 333 g/mol. The lowest BCUT2D eigenvalue weighted by Crippen LogP contribution is -2.48. The molecule has 0 amide bonds. The molecule has 4 N–H and O–H groups in total. The van der Waals surface area contributed by atoms with E-state index in [1.54, 1.807) is 11.8 Å². The highest BCUT2D eigenvalue weighted by molar-refractivity contribution is 7.99. The van der Waals surface area contributed by atoms with Crippen molar-refractivity contribution < 1.29 is 28.7 Å². The van der Waals surface area contributed by atoms with Gasteiger partial charge < -0.3 is 19.6 Å². The first kappa shape index (κ1) is 17.7. The molecule has 1 aliphatic rings. The third-order valence-corrected chi connectivity index (χ3v) is 7.61. The lowest BCUT2D eigenvalue weighted by Gasteiger charge is -2.41. The SMILES string of the molecule is CC(C)CC1CSCCN1C(P(=O)(O)O)P(=O)(O)O. The van der Waals surface area contributed by atoms with Crippen LogP contribution in [0, 0.1) is 5.92 Å². The molecule has 1 saturated heterocycles. The third kappa shape index (κ3) is 5.14. The molecule has 1 aliphatic heterocycles. The van der Waals surface area contributed by atoms with Gasteiger partial charge in [-0.15, -0.1) is 0 Å². The van der Waals surface area contributed by atoms with Crippen LogP contribution in [0.2, 0.25) is 0 Å². The lowest BCUT2D eigenvalue weighted by molar-refractivity contribution is 0.170. The van der Waals surface area contributed by atoms with E-state index in [1.165, 1.54) is 4.90 Å². The van der Waals surface area contributed by atoms with Crippen LogP contribution >= 0.6 is 27.0 Å². The van der Waals surface area contributed by atoms with E-state index in [1.807, 2.05) is 13.8 Å². The van der Waals surface area contributed by atoms with Crippen LogP contribution in [0.5, 0.6) is 0 Å². The summed E-state index contributed by atoms with van der Waals surface area (Å²) in [4.78, 5) is 38.5. The van der Waals surface area contributed by atoms with Crippen molar-refractivity contribution in [2.75, 3.05) is 18.1 Å². The van der Waals surface area contributed by atoms with Gasteiger partial charge in [0, 0.05) is 24.1 Å². The van der Waals surface area contributed by atoms with Gasteiger partial charge in [0.15, 0.2) is 0 Å². The maximum absolute atomic E-state index is 11.5. The standard InChI is InChI=1S/C9H21NO6P2S/c1-7(2)5-8-6-19-4-3-10(8)9(17(11,12)13)18(14,15)16/h7-9H,3-6H2,1-2H3,(H2,11,12,13)(H2,14,15,16). The maximum atomic E-state index is 11.5. The predicted molar refractivity (Wildman–Crippen MR) is 75.2 cm³/mol. The molecule has 0 bridgehead atoms. The van der Waals surface area contributed by atoms with Gasteiger partial charge in [-0.1, -0.05) is 13.8 Å². The molecular weight excluding hydrogens is 312 g/mol. The molecule has 1 rings (SSSR count). The average Bonchev–Trinajstić information content (AvgIpc) is 2.15. The molecule has 1 unspecified atom stereocenters. The van der Waals surface area contributed by atoms with Gasteiger partial charge >= 0.3 is 15.2 Å². The van der Waals surface area contributed by atoms with Crippen molar-refractivity contribution in [1.29, 1.82) is 0 Å². The molecule has 7 nitrogen and oxygen atoms in total. The van der Waals surface area contributed by atoms with E-state index in [4.69, 9.17) is 0 Å². The van der Waals surface area contributed by atoms with Crippen LogP contribution in [0.3, 0.4) is 0 Å². The highest BCUT2D eigenvalue weighted by Gasteiger charge is 2.50. The van der Waals surface area contributed by atoms with Gasteiger partial charge in [0.1, 0.15) is 0 Å². The van der Waals surface area contributed by atoms with Gasteiger partial charge in [0.25, 0.3) is 0 Å². The van der Waals surface area contributed by atoms with E-state index in [-0.39, 0.29) is 12.6 Å². The van der Waals surface area contributed by atoms with Gasteiger partial charge in [-0.25, -0.2) is 0 Å². The Hall–Kier alpha value is 0.610. The molecule has 0 saturated carbocycles. The second-order valence-electron chi connectivity index (χ2n) is 5.12. The normalized spacial score (nSPS) is 23.3. The minimum absolute atomic E-state index is 0.219. The third-order valence-electron chi connectivity index (χ3n) is 2.91. The fourth-order valence-electron chi connectivity index (χ4n) is 2.30. The van der Waals surface area contributed by atoms with E-state index in [0.29, 0.717) is 23.8 Å². The minimum Gasteiger partial charge on any atom is -0.323 e. The predicted octanol–water partition coefficient (Wildman–Crippen LogP) is 1.09. The Labute approximate surface area is 117 Å². The Bertz CT molecular complexity index is 372. The van der Waals surface area contributed by atoms with Gasteiger partial charge in [-0.3, -0.25) is 14.0 Å². The Balaban J connectivity index is 3.04. The van der Waals surface area contributed by atoms with Gasteiger partial charge in [-0.05, 0) is 12.3 Å². The number of nitrogens with zero attached hydrogens (tertiary/aromatic N) is 1. The summed E-state index contributed by atoms with van der Waals surface area (Å²) in [7, 11) is -9.79. The molecule has 1 atom stereocenters. The van der Waals surface area contributed by atoms with Gasteiger partial charge in [-0.2, -0.15) is 11.8 Å². The molecule has 0 aromatic heterocycles. The zero-order valence-corrected chi connectivity index (χ0v) is 13.5. The molecule has 0 aromatic carbocycles. The van der Waals surface area contributed by atoms with E-state index in [9.17, 15) is 28.7 Å². The molecule has 0 aliphatic carbocycles. The summed E-state index contributed by atoms with van der Waals surface area (Å²) in [6.45, 7) is 4.23. The van der Waals surface area contributed by atoms with Crippen LogP contribution in [-0.2, 0) is 9.13 Å². The topological polar surface area (TPSA) is 118 Å². The van der Waals surface area contributed by atoms with Crippen molar-refractivity contribution in [1.82, 2.24) is 4.90 Å². The number of thioether (sulfide) groups is 1. The first-order valence-corrected chi connectivity index (χ1v) is 10.5. The summed E-state index contributed by atoms with van der Waals surface area (Å²) in [5.41, 5.74) is -2.01. The van der Waals surface area contributed by atoms with Crippen molar-refractivity contribution in [3.63, 3.8) is 0 Å². The maximum Gasteiger partial charge on any atom is 0.354 e. The lowest BCUT2D eigenvalue weighted by atomic mass is 10.0. The molecule has 1 heterocycles. The second kappa shape index (κ2) is 6.58. The molecule has 0 radical (unpaired) electrons. The van der Waals surface area contributed by atoms with Crippen molar-refractivity contribution in [3.8, 4) is 0 Å². The fourth-order valence-corrected chi connectivity index (χ4v) is 6.36. The first-order valence-electron chi connectivity index (χ1n) is 5.97. The van der Waals surface area contributed by atoms with Crippen LogP contribution in [-0.4, -0.2) is 54.1 Å². The highest BCUT2D eigenvalue weighted by atomic mass is 32.2. The van der Waals surface area contributed by atoms with Crippen molar-refractivity contribution in [2.45, 2.75) is 31.8 Å². The highest BCUT2D eigenvalue weighted by Crippen LogP contribution is 2.62. The summed E-state index contributed by atoms with van der Waals surface area (Å²) >= 11 is 1.64. The summed E-state index contributed by atoms with van der Waals surface area (Å²) in [5, 5.41) is 0. The van der Waals surface area contributed by atoms with E-state index >= 15 is 0 Å². The molecule has 114 valence electrons. The summed E-state index contributed by atoms with van der Waals surface area (Å²) in [5.74, 6) is 1.54. The molecule has 19 heavy (non-hydrogen) atoms. The Kier molecular flexibility index (Phi) is 6.12. The zero-order valence-electron chi connectivity index (χ0n) is 10.9. The number of rotatable bonds is 5. The quantitative estimate of drug-likeness (QED) is 0.552. The molecule has 1 fully saturated rings. The average molecular weight is 333 g/mol. The van der Waals surface area contributed by atoms with Crippen LogP contribution in [0.15, 0.2) is 0 Å². The Morgan fingerprint density at radius 3 is 2.16 bits per heavy atom. The Morgan fingerprint density at radius 1 is 1.21 bits per heavy atom. The summed E-state index contributed by atoms with van der Waals surface area (Å²) < 4.78 is 22.9. The Morgan fingerprint density at radius 2 is 1.74 bits per heavy atom. The summed E-state index contributed by atoms with van der Waals surface area (Å²) in [6, 6.07) is -0.219. The van der Waals surface area contributed by atoms with E-state index in [2.05, 4.69) is 0 Å². The number of hydrogen-bond donors (Lipinski definition) is 4. The first-order chi connectivity index (χ1) is 8.53. The number of hydrogen-bond acceptors (Lipinski definition) is 4. The van der Waals surface area contributed by atoms with E-state index in [0.717, 1.165) is 0 Å². The fraction of sp³-hybridized carbons (Fsp3) is 1.00. The minimum atomic E-state index is -4.89. The molecule has 10 heteroatoms. The second-order valence-corrected chi connectivity index (χ2v) is 10.0. The molecule has 0 aromatic rings. The van der Waals surface area contributed by atoms with Crippen molar-refractivity contribution >= 4 is 27.0 Å². The van der Waals surface area contributed by atoms with Crippen LogP contribution in [0.25, 0.3) is 0 Å². The van der Waals surface area contributed by atoms with Crippen LogP contribution in [0.1, 0.15) is 20.3 Å². The summed E-state index contributed by atoms with van der Waals surface area (Å²) in [6.07, 6.45) is 0.656. The van der Waals surface area contributed by atoms with Crippen LogP contribution < -0.4 is 0 Å². The smallest absolute Gasteiger partial charge is 0.323 e.